The number of hydrogen-bond donors (Lipinski definition) is 0. The van der Waals surface area contributed by atoms with Gasteiger partial charge in [-0.3, -0.25) is 0 Å². The summed E-state index contributed by atoms with van der Waals surface area (Å²) in [6.45, 7) is 0. The largest absolute Gasteiger partial charge is 0.204 e. The summed E-state index contributed by atoms with van der Waals surface area (Å²) in [7, 11) is 0. The van der Waals surface area contributed by atoms with Crippen LogP contribution in [0.5, 0.6) is 0 Å². The molecule has 0 nitrogen and oxygen atoms in total. The average Bonchev–Trinajstić information content (AvgIpc) is 1.77. The Labute approximate surface area is 46.5 Å². The molecule has 0 saturated carbocycles. The van der Waals surface area contributed by atoms with Crippen LogP contribution in [0.2, 0.25) is 0 Å². The number of rotatable bonds is 0. The van der Waals surface area contributed by atoms with Crippen LogP contribution in [-0.4, -0.2) is 0 Å². The molecule has 0 unspecified atom stereocenters. The Morgan fingerprint density at radius 1 is 1.25 bits per heavy atom. The average molecular weight is 115 g/mol. The highest BCUT2D eigenvalue weighted by Crippen LogP contribution is 2.19. The highest BCUT2D eigenvalue weighted by Gasteiger charge is 2.04. The monoisotopic (exact) mass is 115 g/mol. The molecule has 8 heavy (non-hydrogen) atoms. The zero-order valence-electron chi connectivity index (χ0n) is 4.20. The smallest absolute Gasteiger partial charge is 0.154 e. The molecule has 0 aromatic rings. The topological polar surface area (TPSA) is 0 Å². The van der Waals surface area contributed by atoms with E-state index in [1.54, 1.807) is 6.42 Å². The first-order chi connectivity index (χ1) is 3.80. The highest BCUT2D eigenvalue weighted by atomic mass is 19.2. The minimum atomic E-state index is -0.767. The minimum absolute atomic E-state index is 0.499. The van der Waals surface area contributed by atoms with E-state index in [1.807, 2.05) is 0 Å². The van der Waals surface area contributed by atoms with Crippen LogP contribution in [0.4, 0.5) is 8.78 Å². The van der Waals surface area contributed by atoms with Gasteiger partial charge in [0, 0.05) is 0 Å². The Bertz CT molecular complexity index is 127. The number of halogens is 2. The van der Waals surface area contributed by atoms with Crippen molar-refractivity contribution >= 4 is 0 Å². The van der Waals surface area contributed by atoms with Crippen LogP contribution in [0.15, 0.2) is 23.8 Å². The van der Waals surface area contributed by atoms with Crippen LogP contribution >= 0.6 is 0 Å². The first-order valence-corrected chi connectivity index (χ1v) is 2.36. The van der Waals surface area contributed by atoms with E-state index >= 15 is 0 Å². The van der Waals surface area contributed by atoms with Crippen LogP contribution in [0.25, 0.3) is 0 Å². The van der Waals surface area contributed by atoms with Crippen molar-refractivity contribution in [3.63, 3.8) is 0 Å². The maximum Gasteiger partial charge on any atom is 0.154 e. The van der Waals surface area contributed by atoms with Gasteiger partial charge in [-0.25, -0.2) is 8.78 Å². The van der Waals surface area contributed by atoms with Crippen molar-refractivity contribution in [2.45, 2.75) is 6.42 Å². The van der Waals surface area contributed by atoms with E-state index < -0.39 is 11.7 Å². The molecule has 0 spiro atoms. The van der Waals surface area contributed by atoms with Gasteiger partial charge in [-0.05, 0) is 25.0 Å². The SMILES string of the molecule is FC1=C[CH]CC=C1F. The van der Waals surface area contributed by atoms with Crippen molar-refractivity contribution in [1.29, 1.82) is 0 Å². The summed E-state index contributed by atoms with van der Waals surface area (Å²) in [4.78, 5) is 0. The summed E-state index contributed by atoms with van der Waals surface area (Å²) in [5.41, 5.74) is 0. The molecule has 0 aromatic carbocycles. The molecule has 0 saturated heterocycles. The second-order valence-electron chi connectivity index (χ2n) is 1.54. The highest BCUT2D eigenvalue weighted by molar-refractivity contribution is 5.26. The molecule has 0 atom stereocenters. The summed E-state index contributed by atoms with van der Waals surface area (Å²) in [5.74, 6) is -1.51. The summed E-state index contributed by atoms with van der Waals surface area (Å²) >= 11 is 0. The lowest BCUT2D eigenvalue weighted by molar-refractivity contribution is 0.537. The molecule has 2 heteroatoms. The van der Waals surface area contributed by atoms with Gasteiger partial charge in [0.25, 0.3) is 0 Å². The van der Waals surface area contributed by atoms with E-state index in [2.05, 4.69) is 0 Å². The van der Waals surface area contributed by atoms with Crippen molar-refractivity contribution in [3.05, 3.63) is 30.2 Å². The van der Waals surface area contributed by atoms with E-state index in [9.17, 15) is 8.78 Å². The van der Waals surface area contributed by atoms with E-state index in [4.69, 9.17) is 0 Å². The summed E-state index contributed by atoms with van der Waals surface area (Å²) in [6.07, 6.45) is 4.41. The molecule has 0 amide bonds. The Hall–Kier alpha value is -0.660. The summed E-state index contributed by atoms with van der Waals surface area (Å²) in [5, 5.41) is 0. The normalized spacial score (nSPS) is 19.8. The standard InChI is InChI=1S/C6H5F2/c7-5-3-1-2-4-6(5)8/h1,3-4H,2H2. The first kappa shape index (κ1) is 5.48. The predicted octanol–water partition coefficient (Wildman–Crippen LogP) is 2.30. The molecule has 0 N–H and O–H groups in total. The van der Waals surface area contributed by atoms with Gasteiger partial charge in [-0.1, -0.05) is 0 Å². The van der Waals surface area contributed by atoms with Gasteiger partial charge in [-0.2, -0.15) is 0 Å². The molecule has 0 fully saturated rings. The van der Waals surface area contributed by atoms with Gasteiger partial charge in [-0.15, -0.1) is 0 Å². The number of hydrogen-bond acceptors (Lipinski definition) is 0. The molecular weight excluding hydrogens is 110 g/mol. The van der Waals surface area contributed by atoms with Gasteiger partial charge in [0.1, 0.15) is 0 Å². The van der Waals surface area contributed by atoms with E-state index in [-0.39, 0.29) is 0 Å². The lowest BCUT2D eigenvalue weighted by Gasteiger charge is -1.97. The Kier molecular flexibility index (Phi) is 1.42. The van der Waals surface area contributed by atoms with Gasteiger partial charge in [0.2, 0.25) is 0 Å². The molecule has 0 aromatic heterocycles. The van der Waals surface area contributed by atoms with Crippen LogP contribution in [0.1, 0.15) is 6.42 Å². The summed E-state index contributed by atoms with van der Waals surface area (Å²) in [6, 6.07) is 0. The van der Waals surface area contributed by atoms with Gasteiger partial charge in [0.15, 0.2) is 11.7 Å². The van der Waals surface area contributed by atoms with Crippen LogP contribution in [0, 0.1) is 6.42 Å². The minimum Gasteiger partial charge on any atom is -0.204 e. The van der Waals surface area contributed by atoms with Crippen molar-refractivity contribution in [1.82, 2.24) is 0 Å². The predicted molar refractivity (Wildman–Crippen MR) is 27.3 cm³/mol. The van der Waals surface area contributed by atoms with E-state index in [0.29, 0.717) is 6.42 Å². The zero-order chi connectivity index (χ0) is 5.98. The molecule has 1 aliphatic rings. The fourth-order valence-electron chi connectivity index (χ4n) is 0.520. The van der Waals surface area contributed by atoms with Crippen LogP contribution in [-0.2, 0) is 0 Å². The van der Waals surface area contributed by atoms with Crippen LogP contribution < -0.4 is 0 Å². The van der Waals surface area contributed by atoms with E-state index in [0.717, 1.165) is 6.08 Å². The maximum atomic E-state index is 12.0. The number of allylic oxidation sites excluding steroid dienone is 4. The third-order valence-corrected chi connectivity index (χ3v) is 0.925. The van der Waals surface area contributed by atoms with Gasteiger partial charge >= 0.3 is 0 Å². The molecule has 1 rings (SSSR count). The Morgan fingerprint density at radius 2 is 2.00 bits per heavy atom. The maximum absolute atomic E-state index is 12.0. The molecule has 0 aliphatic heterocycles. The summed E-state index contributed by atoms with van der Waals surface area (Å²) < 4.78 is 23.9. The molecule has 1 radical (unpaired) electrons. The van der Waals surface area contributed by atoms with Gasteiger partial charge < -0.3 is 0 Å². The van der Waals surface area contributed by atoms with Crippen LogP contribution in [0.3, 0.4) is 0 Å². The Morgan fingerprint density at radius 3 is 2.38 bits per heavy atom. The molecule has 1 aliphatic carbocycles. The lowest BCUT2D eigenvalue weighted by Crippen LogP contribution is -1.83. The lowest BCUT2D eigenvalue weighted by atomic mass is 10.2. The fourth-order valence-corrected chi connectivity index (χ4v) is 0.520. The van der Waals surface area contributed by atoms with E-state index in [1.165, 1.54) is 6.08 Å². The molecular formula is C6H5F2. The zero-order valence-corrected chi connectivity index (χ0v) is 4.20. The molecule has 0 heterocycles. The molecule has 43 valence electrons. The third kappa shape index (κ3) is 0.941. The van der Waals surface area contributed by atoms with Crippen molar-refractivity contribution in [2.24, 2.45) is 0 Å². The Balaban J connectivity index is 2.73. The third-order valence-electron chi connectivity index (χ3n) is 0.925. The quantitative estimate of drug-likeness (QED) is 0.454. The van der Waals surface area contributed by atoms with Crippen molar-refractivity contribution in [3.8, 4) is 0 Å². The molecule has 0 bridgehead atoms. The second kappa shape index (κ2) is 2.07. The van der Waals surface area contributed by atoms with Gasteiger partial charge in [0.05, 0.1) is 0 Å². The first-order valence-electron chi connectivity index (χ1n) is 2.36. The fraction of sp³-hybridized carbons (Fsp3) is 0.167. The van der Waals surface area contributed by atoms with Crippen molar-refractivity contribution < 1.29 is 8.78 Å². The second-order valence-corrected chi connectivity index (χ2v) is 1.54. The van der Waals surface area contributed by atoms with Crippen molar-refractivity contribution in [2.75, 3.05) is 0 Å².